The monoisotopic (exact) mass is 326 g/mol. The van der Waals surface area contributed by atoms with E-state index in [-0.39, 0.29) is 5.82 Å². The fraction of sp³-hybridized carbons (Fsp3) is 0.478. The van der Waals surface area contributed by atoms with Crippen LogP contribution in [-0.4, -0.2) is 0 Å². The highest BCUT2D eigenvalue weighted by Crippen LogP contribution is 2.25. The molecular weight excluding hydrogens is 295 g/mol. The fourth-order valence-corrected chi connectivity index (χ4v) is 3.13. The van der Waals surface area contributed by atoms with Crippen LogP contribution in [0.3, 0.4) is 0 Å². The quantitative estimate of drug-likeness (QED) is 0.400. The van der Waals surface area contributed by atoms with E-state index in [1.54, 1.807) is 6.07 Å². The minimum Gasteiger partial charge on any atom is -0.206 e. The summed E-state index contributed by atoms with van der Waals surface area (Å²) in [6.07, 6.45) is 10.7. The zero-order chi connectivity index (χ0) is 17.2. The zero-order valence-electron chi connectivity index (χ0n) is 15.3. The Labute approximate surface area is 147 Å². The van der Waals surface area contributed by atoms with Crippen LogP contribution in [0.5, 0.6) is 0 Å². The van der Waals surface area contributed by atoms with E-state index in [2.05, 4.69) is 44.2 Å². The number of halogens is 1. The topological polar surface area (TPSA) is 0 Å². The van der Waals surface area contributed by atoms with E-state index in [4.69, 9.17) is 0 Å². The van der Waals surface area contributed by atoms with Gasteiger partial charge in [0, 0.05) is 5.56 Å². The summed E-state index contributed by atoms with van der Waals surface area (Å²) in [7, 11) is 0. The van der Waals surface area contributed by atoms with Crippen molar-refractivity contribution in [3.63, 3.8) is 0 Å². The molecule has 0 heterocycles. The largest absolute Gasteiger partial charge is 0.206 e. The normalized spacial score (nSPS) is 11.0. The van der Waals surface area contributed by atoms with E-state index in [1.807, 2.05) is 6.07 Å². The Hall–Kier alpha value is -1.63. The second-order valence-electron chi connectivity index (χ2n) is 6.78. The van der Waals surface area contributed by atoms with Crippen molar-refractivity contribution < 1.29 is 4.39 Å². The fourth-order valence-electron chi connectivity index (χ4n) is 3.13. The molecule has 1 heteroatoms. The lowest BCUT2D eigenvalue weighted by Crippen LogP contribution is -1.91. The van der Waals surface area contributed by atoms with E-state index < -0.39 is 0 Å². The van der Waals surface area contributed by atoms with Gasteiger partial charge in [0.15, 0.2) is 0 Å². The van der Waals surface area contributed by atoms with Gasteiger partial charge in [-0.1, -0.05) is 82.3 Å². The molecule has 0 aromatic heterocycles. The first-order chi connectivity index (χ1) is 11.7. The van der Waals surface area contributed by atoms with Crippen LogP contribution < -0.4 is 0 Å². The number of hydrogen-bond donors (Lipinski definition) is 0. The Kier molecular flexibility index (Phi) is 8.01. The Morgan fingerprint density at radius 1 is 0.667 bits per heavy atom. The number of aryl methyl sites for hydroxylation is 2. The van der Waals surface area contributed by atoms with Crippen molar-refractivity contribution in [3.8, 4) is 11.1 Å². The van der Waals surface area contributed by atoms with Crippen LogP contribution in [-0.2, 0) is 12.8 Å². The number of rotatable bonds is 10. The lowest BCUT2D eigenvalue weighted by molar-refractivity contribution is 0.624. The lowest BCUT2D eigenvalue weighted by Gasteiger charge is -2.08. The molecule has 2 rings (SSSR count). The summed E-state index contributed by atoms with van der Waals surface area (Å²) >= 11 is 0. The molecule has 24 heavy (non-hydrogen) atoms. The third kappa shape index (κ3) is 5.78. The molecule has 0 aliphatic carbocycles. The Morgan fingerprint density at radius 3 is 1.92 bits per heavy atom. The van der Waals surface area contributed by atoms with Crippen molar-refractivity contribution in [2.75, 3.05) is 0 Å². The molecule has 2 aromatic rings. The van der Waals surface area contributed by atoms with Gasteiger partial charge < -0.3 is 0 Å². The van der Waals surface area contributed by atoms with Gasteiger partial charge in [-0.15, -0.1) is 0 Å². The van der Waals surface area contributed by atoms with E-state index in [1.165, 1.54) is 44.1 Å². The van der Waals surface area contributed by atoms with Crippen molar-refractivity contribution in [2.45, 2.75) is 71.6 Å². The summed E-state index contributed by atoms with van der Waals surface area (Å²) < 4.78 is 14.5. The van der Waals surface area contributed by atoms with Crippen molar-refractivity contribution in [2.24, 2.45) is 0 Å². The van der Waals surface area contributed by atoms with Gasteiger partial charge >= 0.3 is 0 Å². The van der Waals surface area contributed by atoms with Crippen LogP contribution in [0.4, 0.5) is 4.39 Å². The average Bonchev–Trinajstić information content (AvgIpc) is 2.60. The third-order valence-electron chi connectivity index (χ3n) is 4.69. The molecule has 130 valence electrons. The molecule has 0 aliphatic heterocycles. The van der Waals surface area contributed by atoms with Crippen molar-refractivity contribution in [1.82, 2.24) is 0 Å². The summed E-state index contributed by atoms with van der Waals surface area (Å²) in [6.45, 7) is 4.43. The van der Waals surface area contributed by atoms with Crippen LogP contribution in [0, 0.1) is 5.82 Å². The first-order valence-electron chi connectivity index (χ1n) is 9.62. The summed E-state index contributed by atoms with van der Waals surface area (Å²) in [4.78, 5) is 0. The van der Waals surface area contributed by atoms with Gasteiger partial charge in [0.05, 0.1) is 0 Å². The standard InChI is InChI=1S/C23H31F/c1-3-5-7-9-11-20-14-17-22(23(24)18-20)21-15-12-19(13-16-21)10-8-6-4-2/h12-18H,3-11H2,1-2H3. The molecule has 0 nitrogen and oxygen atoms in total. The first kappa shape index (κ1) is 18.7. The first-order valence-corrected chi connectivity index (χ1v) is 9.62. The van der Waals surface area contributed by atoms with E-state index in [0.717, 1.165) is 30.4 Å². The molecule has 0 unspecified atom stereocenters. The van der Waals surface area contributed by atoms with Crippen molar-refractivity contribution in [1.29, 1.82) is 0 Å². The molecule has 0 bridgehead atoms. The summed E-state index contributed by atoms with van der Waals surface area (Å²) in [5.74, 6) is -0.0956. The molecular formula is C23H31F. The van der Waals surface area contributed by atoms with Crippen LogP contribution in [0.25, 0.3) is 11.1 Å². The van der Waals surface area contributed by atoms with Crippen LogP contribution >= 0.6 is 0 Å². The Balaban J connectivity index is 1.98. The highest BCUT2D eigenvalue weighted by molar-refractivity contribution is 5.64. The van der Waals surface area contributed by atoms with Gasteiger partial charge in [-0.2, -0.15) is 0 Å². The maximum atomic E-state index is 14.5. The van der Waals surface area contributed by atoms with Gasteiger partial charge in [0.1, 0.15) is 5.82 Å². The average molecular weight is 326 g/mol. The van der Waals surface area contributed by atoms with Gasteiger partial charge in [-0.05, 0) is 48.4 Å². The molecule has 0 spiro atoms. The van der Waals surface area contributed by atoms with Gasteiger partial charge in [-0.25, -0.2) is 4.39 Å². The maximum absolute atomic E-state index is 14.5. The SMILES string of the molecule is CCCCCCc1ccc(-c2ccc(CCCCC)cc2)c(F)c1. The van der Waals surface area contributed by atoms with Crippen molar-refractivity contribution >= 4 is 0 Å². The maximum Gasteiger partial charge on any atom is 0.131 e. The zero-order valence-corrected chi connectivity index (χ0v) is 15.3. The minimum atomic E-state index is -0.0956. The van der Waals surface area contributed by atoms with Crippen LogP contribution in [0.2, 0.25) is 0 Å². The van der Waals surface area contributed by atoms with E-state index in [0.29, 0.717) is 5.56 Å². The highest BCUT2D eigenvalue weighted by Gasteiger charge is 2.06. The predicted molar refractivity (Wildman–Crippen MR) is 103 cm³/mol. The molecule has 0 fully saturated rings. The molecule has 0 radical (unpaired) electrons. The smallest absolute Gasteiger partial charge is 0.131 e. The summed E-state index contributed by atoms with van der Waals surface area (Å²) in [6, 6.07) is 14.1. The molecule has 0 saturated heterocycles. The minimum absolute atomic E-state index is 0.0956. The van der Waals surface area contributed by atoms with Crippen molar-refractivity contribution in [3.05, 3.63) is 59.4 Å². The van der Waals surface area contributed by atoms with E-state index >= 15 is 0 Å². The number of unbranched alkanes of at least 4 members (excludes halogenated alkanes) is 5. The molecule has 0 N–H and O–H groups in total. The Bertz CT molecular complexity index is 598. The predicted octanol–water partition coefficient (Wildman–Crippen LogP) is 7.35. The molecule has 2 aromatic carbocycles. The molecule has 0 saturated carbocycles. The highest BCUT2D eigenvalue weighted by atomic mass is 19.1. The second kappa shape index (κ2) is 10.3. The lowest BCUT2D eigenvalue weighted by atomic mass is 9.98. The molecule has 0 aliphatic rings. The van der Waals surface area contributed by atoms with Gasteiger partial charge in [0.25, 0.3) is 0 Å². The second-order valence-corrected chi connectivity index (χ2v) is 6.78. The Morgan fingerprint density at radius 2 is 1.25 bits per heavy atom. The summed E-state index contributed by atoms with van der Waals surface area (Å²) in [5, 5.41) is 0. The van der Waals surface area contributed by atoms with Crippen LogP contribution in [0.1, 0.15) is 69.9 Å². The third-order valence-corrected chi connectivity index (χ3v) is 4.69. The molecule has 0 atom stereocenters. The van der Waals surface area contributed by atoms with Gasteiger partial charge in [-0.3, -0.25) is 0 Å². The number of hydrogen-bond acceptors (Lipinski definition) is 0. The summed E-state index contributed by atoms with van der Waals surface area (Å²) in [5.41, 5.74) is 4.15. The van der Waals surface area contributed by atoms with Gasteiger partial charge in [0.2, 0.25) is 0 Å². The molecule has 0 amide bonds. The number of benzene rings is 2. The van der Waals surface area contributed by atoms with E-state index in [9.17, 15) is 4.39 Å². The van der Waals surface area contributed by atoms with Crippen LogP contribution in [0.15, 0.2) is 42.5 Å².